The summed E-state index contributed by atoms with van der Waals surface area (Å²) in [6.07, 6.45) is 1.90. The Hall–Kier alpha value is -1.03. The predicted octanol–water partition coefficient (Wildman–Crippen LogP) is 0.128. The van der Waals surface area contributed by atoms with E-state index in [1.165, 1.54) is 0 Å². The lowest BCUT2D eigenvalue weighted by molar-refractivity contribution is 0.585. The van der Waals surface area contributed by atoms with Gasteiger partial charge in [-0.25, -0.2) is 4.98 Å². The number of aryl methyl sites for hydroxylation is 1. The number of anilines is 1. The van der Waals surface area contributed by atoms with E-state index >= 15 is 0 Å². The van der Waals surface area contributed by atoms with Crippen LogP contribution in [-0.2, 0) is 0 Å². The number of hydrogen-bond acceptors (Lipinski definition) is 3. The average Bonchev–Trinajstić information content (AvgIpc) is 2.54. The van der Waals surface area contributed by atoms with Crippen LogP contribution in [0, 0.1) is 6.92 Å². The van der Waals surface area contributed by atoms with E-state index in [4.69, 9.17) is 0 Å². The van der Waals surface area contributed by atoms with E-state index in [0.29, 0.717) is 0 Å². The summed E-state index contributed by atoms with van der Waals surface area (Å²) in [5.74, 6) is 2.14. The number of aromatic nitrogens is 2. The third-order valence-electron chi connectivity index (χ3n) is 2.15. The second-order valence-corrected chi connectivity index (χ2v) is 3.09. The molecule has 4 nitrogen and oxygen atoms in total. The molecule has 0 atom stereocenters. The number of nitrogens with one attached hydrogen (secondary N) is 2. The summed E-state index contributed by atoms with van der Waals surface area (Å²) in [7, 11) is 0. The highest BCUT2D eigenvalue weighted by atomic mass is 15.2. The van der Waals surface area contributed by atoms with Gasteiger partial charge in [0.2, 0.25) is 0 Å². The van der Waals surface area contributed by atoms with E-state index in [9.17, 15) is 0 Å². The summed E-state index contributed by atoms with van der Waals surface area (Å²) >= 11 is 0. The van der Waals surface area contributed by atoms with Gasteiger partial charge in [-0.2, -0.15) is 0 Å². The minimum Gasteiger partial charge on any atom is -0.354 e. The summed E-state index contributed by atoms with van der Waals surface area (Å²) in [6, 6.07) is 0. The van der Waals surface area contributed by atoms with Crippen molar-refractivity contribution in [1.82, 2.24) is 15.3 Å². The molecule has 1 saturated heterocycles. The SMILES string of the molecule is Cc1ncc(N2CCNCC2)[nH]1. The molecule has 2 rings (SSSR count). The lowest BCUT2D eigenvalue weighted by Crippen LogP contribution is -2.43. The number of nitrogens with zero attached hydrogens (tertiary/aromatic N) is 2. The average molecular weight is 166 g/mol. The first-order valence-corrected chi connectivity index (χ1v) is 4.33. The van der Waals surface area contributed by atoms with Gasteiger partial charge in [-0.3, -0.25) is 0 Å². The number of imidazole rings is 1. The number of H-pyrrole nitrogens is 1. The van der Waals surface area contributed by atoms with Crippen LogP contribution in [-0.4, -0.2) is 36.1 Å². The van der Waals surface area contributed by atoms with Crippen molar-refractivity contribution >= 4 is 5.82 Å². The Morgan fingerprint density at radius 1 is 1.42 bits per heavy atom. The van der Waals surface area contributed by atoms with Crippen molar-refractivity contribution in [2.24, 2.45) is 0 Å². The molecule has 66 valence electrons. The van der Waals surface area contributed by atoms with Crippen LogP contribution in [0.3, 0.4) is 0 Å². The Balaban J connectivity index is 2.08. The first kappa shape index (κ1) is 7.61. The monoisotopic (exact) mass is 166 g/mol. The molecule has 0 unspecified atom stereocenters. The van der Waals surface area contributed by atoms with E-state index in [0.717, 1.165) is 37.8 Å². The van der Waals surface area contributed by atoms with Crippen LogP contribution < -0.4 is 10.2 Å². The minimum absolute atomic E-state index is 0.989. The van der Waals surface area contributed by atoms with Crippen LogP contribution in [0.15, 0.2) is 6.20 Å². The van der Waals surface area contributed by atoms with Gasteiger partial charge < -0.3 is 15.2 Å². The predicted molar refractivity (Wildman–Crippen MR) is 48.4 cm³/mol. The zero-order chi connectivity index (χ0) is 8.39. The van der Waals surface area contributed by atoms with Gasteiger partial charge in [-0.05, 0) is 6.92 Å². The molecule has 1 aromatic rings. The molecule has 1 aliphatic heterocycles. The van der Waals surface area contributed by atoms with Crippen LogP contribution in [0.4, 0.5) is 5.82 Å². The highest BCUT2D eigenvalue weighted by Crippen LogP contribution is 2.10. The molecule has 0 aromatic carbocycles. The zero-order valence-electron chi connectivity index (χ0n) is 7.30. The molecule has 2 heterocycles. The topological polar surface area (TPSA) is 44.0 Å². The largest absolute Gasteiger partial charge is 0.354 e. The van der Waals surface area contributed by atoms with E-state index < -0.39 is 0 Å². The molecular weight excluding hydrogens is 152 g/mol. The quantitative estimate of drug-likeness (QED) is 0.623. The zero-order valence-corrected chi connectivity index (χ0v) is 7.30. The maximum Gasteiger partial charge on any atom is 0.126 e. The highest BCUT2D eigenvalue weighted by molar-refractivity contribution is 5.37. The molecule has 12 heavy (non-hydrogen) atoms. The maximum absolute atomic E-state index is 4.17. The molecule has 0 aliphatic carbocycles. The molecule has 0 spiro atoms. The molecule has 1 fully saturated rings. The van der Waals surface area contributed by atoms with Gasteiger partial charge in [0, 0.05) is 26.2 Å². The van der Waals surface area contributed by atoms with Crippen LogP contribution >= 0.6 is 0 Å². The van der Waals surface area contributed by atoms with Crippen molar-refractivity contribution in [3.63, 3.8) is 0 Å². The molecular formula is C8H14N4. The second kappa shape index (κ2) is 3.15. The molecule has 0 amide bonds. The molecule has 1 aromatic heterocycles. The lowest BCUT2D eigenvalue weighted by atomic mass is 10.4. The maximum atomic E-state index is 4.17. The van der Waals surface area contributed by atoms with Crippen LogP contribution in [0.5, 0.6) is 0 Å². The van der Waals surface area contributed by atoms with Gasteiger partial charge >= 0.3 is 0 Å². The fraction of sp³-hybridized carbons (Fsp3) is 0.625. The highest BCUT2D eigenvalue weighted by Gasteiger charge is 2.11. The number of hydrogen-bond donors (Lipinski definition) is 2. The normalized spacial score (nSPS) is 18.2. The Labute approximate surface area is 72.0 Å². The molecule has 0 radical (unpaired) electrons. The molecule has 1 aliphatic rings. The van der Waals surface area contributed by atoms with Crippen molar-refractivity contribution < 1.29 is 0 Å². The summed E-state index contributed by atoms with van der Waals surface area (Å²) < 4.78 is 0. The van der Waals surface area contributed by atoms with Gasteiger partial charge in [-0.15, -0.1) is 0 Å². The van der Waals surface area contributed by atoms with E-state index in [2.05, 4.69) is 20.2 Å². The summed E-state index contributed by atoms with van der Waals surface area (Å²) in [5, 5.41) is 3.32. The fourth-order valence-electron chi connectivity index (χ4n) is 1.47. The summed E-state index contributed by atoms with van der Waals surface area (Å²) in [4.78, 5) is 9.72. The van der Waals surface area contributed by atoms with Gasteiger partial charge in [-0.1, -0.05) is 0 Å². The molecule has 0 bridgehead atoms. The fourth-order valence-corrected chi connectivity index (χ4v) is 1.47. The Bertz CT molecular complexity index is 249. The molecule has 4 heteroatoms. The van der Waals surface area contributed by atoms with Crippen LogP contribution in [0.1, 0.15) is 5.82 Å². The van der Waals surface area contributed by atoms with Crippen molar-refractivity contribution in [2.45, 2.75) is 6.92 Å². The standard InChI is InChI=1S/C8H14N4/c1-7-10-6-8(11-7)12-4-2-9-3-5-12/h6,9H,2-5H2,1H3,(H,10,11). The first-order chi connectivity index (χ1) is 5.86. The van der Waals surface area contributed by atoms with Crippen molar-refractivity contribution in [2.75, 3.05) is 31.1 Å². The summed E-state index contributed by atoms with van der Waals surface area (Å²) in [5.41, 5.74) is 0. The lowest BCUT2D eigenvalue weighted by Gasteiger charge is -2.27. The third kappa shape index (κ3) is 1.43. The Morgan fingerprint density at radius 2 is 2.17 bits per heavy atom. The van der Waals surface area contributed by atoms with Gasteiger partial charge in [0.05, 0.1) is 6.20 Å². The smallest absolute Gasteiger partial charge is 0.126 e. The minimum atomic E-state index is 0.989. The second-order valence-electron chi connectivity index (χ2n) is 3.09. The van der Waals surface area contributed by atoms with Crippen LogP contribution in [0.2, 0.25) is 0 Å². The van der Waals surface area contributed by atoms with Crippen molar-refractivity contribution in [3.8, 4) is 0 Å². The molecule has 0 saturated carbocycles. The van der Waals surface area contributed by atoms with Crippen molar-refractivity contribution in [3.05, 3.63) is 12.0 Å². The van der Waals surface area contributed by atoms with Crippen molar-refractivity contribution in [1.29, 1.82) is 0 Å². The third-order valence-corrected chi connectivity index (χ3v) is 2.15. The van der Waals surface area contributed by atoms with E-state index in [1.807, 2.05) is 13.1 Å². The first-order valence-electron chi connectivity index (χ1n) is 4.33. The number of piperazine rings is 1. The van der Waals surface area contributed by atoms with Crippen LogP contribution in [0.25, 0.3) is 0 Å². The Morgan fingerprint density at radius 3 is 2.75 bits per heavy atom. The Kier molecular flexibility index (Phi) is 1.99. The number of aromatic amines is 1. The number of rotatable bonds is 1. The van der Waals surface area contributed by atoms with Gasteiger partial charge in [0.25, 0.3) is 0 Å². The van der Waals surface area contributed by atoms with E-state index in [1.54, 1.807) is 0 Å². The molecule has 2 N–H and O–H groups in total. The van der Waals surface area contributed by atoms with Gasteiger partial charge in [0.15, 0.2) is 0 Å². The summed E-state index contributed by atoms with van der Waals surface area (Å²) in [6.45, 7) is 6.26. The van der Waals surface area contributed by atoms with Gasteiger partial charge in [0.1, 0.15) is 11.6 Å². The van der Waals surface area contributed by atoms with E-state index in [-0.39, 0.29) is 0 Å².